The maximum absolute atomic E-state index is 12.9. The van der Waals surface area contributed by atoms with E-state index in [1.807, 2.05) is 0 Å². The van der Waals surface area contributed by atoms with Gasteiger partial charge in [-0.05, 0) is 67.1 Å². The van der Waals surface area contributed by atoms with Crippen LogP contribution >= 0.6 is 0 Å². The molecule has 1 N–H and O–H groups in total. The summed E-state index contributed by atoms with van der Waals surface area (Å²) in [6.07, 6.45) is -1.46. The Bertz CT molecular complexity index is 428. The van der Waals surface area contributed by atoms with Gasteiger partial charge < -0.3 is 5.11 Å². The van der Waals surface area contributed by atoms with Crippen LogP contribution in [0.25, 0.3) is 0 Å². The highest BCUT2D eigenvalue weighted by atomic mass is 19.4. The number of hydrogen-bond donors (Lipinski definition) is 1. The van der Waals surface area contributed by atoms with Gasteiger partial charge in [0.05, 0.1) is 0 Å². The van der Waals surface area contributed by atoms with Gasteiger partial charge in [-0.25, -0.2) is 0 Å². The summed E-state index contributed by atoms with van der Waals surface area (Å²) < 4.78 is 38.7. The molecule has 0 aliphatic heterocycles. The smallest absolute Gasteiger partial charge is 0.381 e. The van der Waals surface area contributed by atoms with Gasteiger partial charge in [-0.1, -0.05) is 20.8 Å². The molecule has 6 unspecified atom stereocenters. The second kappa shape index (κ2) is 3.74. The first-order valence-corrected chi connectivity index (χ1v) is 7.75. The molecular weight excluding hydrogens is 265 g/mol. The maximum Gasteiger partial charge on any atom is 0.416 e. The van der Waals surface area contributed by atoms with Crippen molar-refractivity contribution in [3.8, 4) is 0 Å². The lowest BCUT2D eigenvalue weighted by Gasteiger charge is -2.63. The van der Waals surface area contributed by atoms with E-state index in [9.17, 15) is 18.3 Å². The molecule has 4 rings (SSSR count). The minimum absolute atomic E-state index is 0.0407. The average Bonchev–Trinajstić information content (AvgIpc) is 2.87. The molecule has 20 heavy (non-hydrogen) atoms. The van der Waals surface area contributed by atoms with Gasteiger partial charge in [0.25, 0.3) is 0 Å². The lowest BCUT2D eigenvalue weighted by atomic mass is 9.41. The number of aliphatic hydroxyl groups is 1. The highest BCUT2D eigenvalue weighted by molar-refractivity contribution is 5.25. The van der Waals surface area contributed by atoms with E-state index in [0.29, 0.717) is 23.2 Å². The first kappa shape index (κ1) is 14.7. The third-order valence-corrected chi connectivity index (χ3v) is 7.28. The van der Waals surface area contributed by atoms with Crippen molar-refractivity contribution in [2.45, 2.75) is 65.2 Å². The van der Waals surface area contributed by atoms with Crippen LogP contribution in [0.4, 0.5) is 13.2 Å². The number of rotatable bonds is 3. The average molecular weight is 290 g/mol. The quantitative estimate of drug-likeness (QED) is 0.817. The Kier molecular flexibility index (Phi) is 2.74. The molecular formula is C16H25F3O. The molecule has 3 bridgehead atoms. The molecule has 6 atom stereocenters. The fourth-order valence-electron chi connectivity index (χ4n) is 6.26. The Balaban J connectivity index is 1.81. The van der Waals surface area contributed by atoms with E-state index in [2.05, 4.69) is 20.8 Å². The van der Waals surface area contributed by atoms with Crippen LogP contribution in [0.2, 0.25) is 0 Å². The van der Waals surface area contributed by atoms with Gasteiger partial charge in [0, 0.05) is 0 Å². The minimum Gasteiger partial charge on any atom is -0.381 e. The van der Waals surface area contributed by atoms with Gasteiger partial charge in [-0.3, -0.25) is 0 Å². The fourth-order valence-corrected chi connectivity index (χ4v) is 6.26. The fraction of sp³-hybridized carbons (Fsp3) is 1.00. The molecule has 1 nitrogen and oxygen atoms in total. The van der Waals surface area contributed by atoms with E-state index >= 15 is 0 Å². The van der Waals surface area contributed by atoms with Crippen molar-refractivity contribution in [3.05, 3.63) is 0 Å². The number of hydrogen-bond acceptors (Lipinski definition) is 1. The van der Waals surface area contributed by atoms with Crippen LogP contribution in [0.1, 0.15) is 53.4 Å². The van der Waals surface area contributed by atoms with Crippen molar-refractivity contribution < 1.29 is 18.3 Å². The van der Waals surface area contributed by atoms with E-state index in [-0.39, 0.29) is 17.8 Å². The van der Waals surface area contributed by atoms with Crippen molar-refractivity contribution in [1.82, 2.24) is 0 Å². The molecule has 0 aromatic rings. The monoisotopic (exact) mass is 290 g/mol. The summed E-state index contributed by atoms with van der Waals surface area (Å²) in [7, 11) is 0. The summed E-state index contributed by atoms with van der Waals surface area (Å²) in [5, 5.41) is 9.80. The lowest BCUT2D eigenvalue weighted by Crippen LogP contribution is -2.58. The highest BCUT2D eigenvalue weighted by Gasteiger charge is 2.77. The number of halogens is 3. The Labute approximate surface area is 118 Å². The zero-order chi connectivity index (χ0) is 15.1. The van der Waals surface area contributed by atoms with E-state index in [1.165, 1.54) is 6.42 Å². The van der Waals surface area contributed by atoms with Crippen molar-refractivity contribution >= 4 is 0 Å². The maximum atomic E-state index is 12.9. The molecule has 4 fully saturated rings. The van der Waals surface area contributed by atoms with Crippen molar-refractivity contribution in [2.24, 2.45) is 34.5 Å². The lowest BCUT2D eigenvalue weighted by molar-refractivity contribution is -0.264. The van der Waals surface area contributed by atoms with Crippen LogP contribution in [0.5, 0.6) is 0 Å². The van der Waals surface area contributed by atoms with E-state index in [4.69, 9.17) is 0 Å². The summed E-state index contributed by atoms with van der Waals surface area (Å²) in [5.74, 6) is 1.59. The molecule has 0 heterocycles. The van der Waals surface area contributed by atoms with Gasteiger partial charge in [0.15, 0.2) is 5.60 Å². The SMILES string of the molecule is CC(C)C12CC3(CC(CC(C)(O)C(F)(F)F)C1C3)C2C. The Morgan fingerprint density at radius 2 is 1.85 bits per heavy atom. The molecule has 1 spiro atoms. The summed E-state index contributed by atoms with van der Waals surface area (Å²) in [6, 6.07) is 0. The summed E-state index contributed by atoms with van der Waals surface area (Å²) in [6.45, 7) is 7.65. The predicted molar refractivity (Wildman–Crippen MR) is 71.0 cm³/mol. The summed E-state index contributed by atoms with van der Waals surface area (Å²) >= 11 is 0. The Morgan fingerprint density at radius 3 is 2.25 bits per heavy atom. The predicted octanol–water partition coefficient (Wildman–Crippen LogP) is 4.40. The zero-order valence-electron chi connectivity index (χ0n) is 12.7. The van der Waals surface area contributed by atoms with Crippen LogP contribution in [0.3, 0.4) is 0 Å². The van der Waals surface area contributed by atoms with Crippen molar-refractivity contribution in [1.29, 1.82) is 0 Å². The van der Waals surface area contributed by atoms with Crippen LogP contribution in [-0.2, 0) is 0 Å². The second-order valence-corrected chi connectivity index (χ2v) is 8.28. The van der Waals surface area contributed by atoms with Gasteiger partial charge in [-0.15, -0.1) is 0 Å². The topological polar surface area (TPSA) is 20.2 Å². The molecule has 4 aliphatic carbocycles. The van der Waals surface area contributed by atoms with Crippen LogP contribution in [-0.4, -0.2) is 16.9 Å². The van der Waals surface area contributed by atoms with Crippen molar-refractivity contribution in [3.63, 3.8) is 0 Å². The molecule has 116 valence electrons. The molecule has 4 heteroatoms. The molecule has 0 saturated heterocycles. The van der Waals surface area contributed by atoms with Gasteiger partial charge in [-0.2, -0.15) is 13.2 Å². The first-order chi connectivity index (χ1) is 8.96. The molecule has 0 aromatic carbocycles. The molecule has 0 radical (unpaired) electrons. The number of alkyl halides is 3. The Morgan fingerprint density at radius 1 is 1.25 bits per heavy atom. The highest BCUT2D eigenvalue weighted by Crippen LogP contribution is 2.84. The van der Waals surface area contributed by atoms with E-state index < -0.39 is 11.8 Å². The third kappa shape index (κ3) is 1.49. The van der Waals surface area contributed by atoms with Gasteiger partial charge >= 0.3 is 6.18 Å². The van der Waals surface area contributed by atoms with Crippen LogP contribution in [0, 0.1) is 34.5 Å². The molecule has 4 saturated carbocycles. The minimum atomic E-state index is -4.52. The van der Waals surface area contributed by atoms with Gasteiger partial charge in [0.1, 0.15) is 0 Å². The standard InChI is InChI=1S/C16H25F3O/c1-9(2)15-8-14(10(15)3)6-11(12(15)7-14)5-13(4,20)16(17,18)19/h9-12,20H,5-8H2,1-4H3. The molecule has 4 aliphatic rings. The second-order valence-electron chi connectivity index (χ2n) is 8.28. The molecule has 0 aromatic heterocycles. The third-order valence-electron chi connectivity index (χ3n) is 7.28. The molecule has 0 amide bonds. The van der Waals surface area contributed by atoms with E-state index in [0.717, 1.165) is 19.8 Å². The van der Waals surface area contributed by atoms with E-state index in [1.54, 1.807) is 0 Å². The summed E-state index contributed by atoms with van der Waals surface area (Å²) in [5.41, 5.74) is -2.00. The van der Waals surface area contributed by atoms with Crippen LogP contribution < -0.4 is 0 Å². The van der Waals surface area contributed by atoms with Gasteiger partial charge in [0.2, 0.25) is 0 Å². The summed E-state index contributed by atoms with van der Waals surface area (Å²) in [4.78, 5) is 0. The normalized spacial score (nSPS) is 49.4. The zero-order valence-corrected chi connectivity index (χ0v) is 12.7. The Hall–Kier alpha value is -0.250. The van der Waals surface area contributed by atoms with Crippen molar-refractivity contribution in [2.75, 3.05) is 0 Å². The largest absolute Gasteiger partial charge is 0.416 e. The first-order valence-electron chi connectivity index (χ1n) is 7.75. The van der Waals surface area contributed by atoms with Crippen LogP contribution in [0.15, 0.2) is 0 Å².